The number of hydrogen-bond donors (Lipinski definition) is 1. The maximum atomic E-state index is 14.3. The Hall–Kier alpha value is -1.40. The summed E-state index contributed by atoms with van der Waals surface area (Å²) >= 11 is 3.02. The molecular formula is C16H13BrF4O. The molecule has 2 aromatic rings. The van der Waals surface area contributed by atoms with E-state index in [9.17, 15) is 22.7 Å². The van der Waals surface area contributed by atoms with Gasteiger partial charge in [-0.05, 0) is 31.5 Å². The first kappa shape index (κ1) is 17.0. The van der Waals surface area contributed by atoms with E-state index in [0.29, 0.717) is 11.6 Å². The molecule has 0 aliphatic heterocycles. The van der Waals surface area contributed by atoms with Gasteiger partial charge in [0.05, 0.1) is 5.56 Å². The van der Waals surface area contributed by atoms with Gasteiger partial charge in [-0.3, -0.25) is 0 Å². The van der Waals surface area contributed by atoms with Crippen molar-refractivity contribution in [1.82, 2.24) is 0 Å². The molecule has 0 spiro atoms. The topological polar surface area (TPSA) is 20.2 Å². The Balaban J connectivity index is 2.60. The first-order chi connectivity index (χ1) is 10.1. The van der Waals surface area contributed by atoms with E-state index in [-0.39, 0.29) is 4.47 Å². The van der Waals surface area contributed by atoms with Crippen molar-refractivity contribution in [2.24, 2.45) is 0 Å². The van der Waals surface area contributed by atoms with Crippen molar-refractivity contribution >= 4 is 15.9 Å². The maximum absolute atomic E-state index is 14.3. The van der Waals surface area contributed by atoms with Crippen LogP contribution in [-0.4, -0.2) is 5.11 Å². The summed E-state index contributed by atoms with van der Waals surface area (Å²) in [6.45, 7) is 3.58. The Morgan fingerprint density at radius 1 is 1.05 bits per heavy atom. The molecule has 22 heavy (non-hydrogen) atoms. The zero-order valence-corrected chi connectivity index (χ0v) is 13.4. The summed E-state index contributed by atoms with van der Waals surface area (Å²) in [5, 5.41) is 10.4. The van der Waals surface area contributed by atoms with Crippen LogP contribution in [0.4, 0.5) is 17.6 Å². The SMILES string of the molecule is Cc1cc(C)cc(C(O)c2c(Br)ccc(C(F)(F)F)c2F)c1. The lowest BCUT2D eigenvalue weighted by Gasteiger charge is -2.18. The minimum atomic E-state index is -4.82. The Kier molecular flexibility index (Phi) is 4.63. The fraction of sp³-hybridized carbons (Fsp3) is 0.250. The molecule has 2 rings (SSSR count). The molecule has 0 aliphatic rings. The van der Waals surface area contributed by atoms with Crippen molar-refractivity contribution in [3.8, 4) is 0 Å². The van der Waals surface area contributed by atoms with Gasteiger partial charge in [0.2, 0.25) is 0 Å². The third-order valence-electron chi connectivity index (χ3n) is 3.27. The summed E-state index contributed by atoms with van der Waals surface area (Å²) in [6, 6.07) is 6.83. The van der Waals surface area contributed by atoms with Crippen LogP contribution in [0.2, 0.25) is 0 Å². The van der Waals surface area contributed by atoms with Gasteiger partial charge in [-0.25, -0.2) is 4.39 Å². The predicted molar refractivity (Wildman–Crippen MR) is 79.1 cm³/mol. The fourth-order valence-electron chi connectivity index (χ4n) is 2.37. The molecule has 0 saturated carbocycles. The second-order valence-electron chi connectivity index (χ2n) is 5.14. The van der Waals surface area contributed by atoms with E-state index < -0.39 is 29.2 Å². The summed E-state index contributed by atoms with van der Waals surface area (Å²) in [7, 11) is 0. The predicted octanol–water partition coefficient (Wildman–Crippen LogP) is 5.31. The van der Waals surface area contributed by atoms with E-state index in [4.69, 9.17) is 0 Å². The van der Waals surface area contributed by atoms with Gasteiger partial charge in [-0.2, -0.15) is 13.2 Å². The normalized spacial score (nSPS) is 13.3. The van der Waals surface area contributed by atoms with Gasteiger partial charge in [0.25, 0.3) is 0 Å². The number of aliphatic hydroxyl groups excluding tert-OH is 1. The molecule has 6 heteroatoms. The number of alkyl halides is 3. The van der Waals surface area contributed by atoms with E-state index in [0.717, 1.165) is 17.2 Å². The lowest BCUT2D eigenvalue weighted by atomic mass is 9.96. The summed E-state index contributed by atoms with van der Waals surface area (Å²) < 4.78 is 52.8. The van der Waals surface area contributed by atoms with Crippen LogP contribution in [0, 0.1) is 19.7 Å². The molecule has 2 aromatic carbocycles. The van der Waals surface area contributed by atoms with Crippen LogP contribution < -0.4 is 0 Å². The molecule has 0 aromatic heterocycles. The van der Waals surface area contributed by atoms with Gasteiger partial charge in [0.15, 0.2) is 0 Å². The third kappa shape index (κ3) is 3.33. The van der Waals surface area contributed by atoms with Gasteiger partial charge in [-0.1, -0.05) is 45.3 Å². The average Bonchev–Trinajstić information content (AvgIpc) is 2.35. The van der Waals surface area contributed by atoms with Gasteiger partial charge < -0.3 is 5.11 Å². The zero-order valence-electron chi connectivity index (χ0n) is 11.8. The van der Waals surface area contributed by atoms with Crippen molar-refractivity contribution in [3.05, 3.63) is 68.4 Å². The van der Waals surface area contributed by atoms with Crippen LogP contribution in [0.25, 0.3) is 0 Å². The van der Waals surface area contributed by atoms with Crippen LogP contribution in [0.3, 0.4) is 0 Å². The lowest BCUT2D eigenvalue weighted by Crippen LogP contribution is -2.13. The van der Waals surface area contributed by atoms with Crippen LogP contribution in [0.1, 0.15) is 33.9 Å². The first-order valence-electron chi connectivity index (χ1n) is 6.42. The quantitative estimate of drug-likeness (QED) is 0.704. The highest BCUT2D eigenvalue weighted by molar-refractivity contribution is 9.10. The number of hydrogen-bond acceptors (Lipinski definition) is 1. The van der Waals surface area contributed by atoms with Crippen molar-refractivity contribution in [2.75, 3.05) is 0 Å². The molecule has 1 atom stereocenters. The fourth-order valence-corrected chi connectivity index (χ4v) is 2.90. The van der Waals surface area contributed by atoms with Crippen LogP contribution in [0.5, 0.6) is 0 Å². The summed E-state index contributed by atoms with van der Waals surface area (Å²) in [6.07, 6.45) is -6.31. The molecule has 0 heterocycles. The Morgan fingerprint density at radius 2 is 1.59 bits per heavy atom. The van der Waals surface area contributed by atoms with Crippen molar-refractivity contribution < 1.29 is 22.7 Å². The molecule has 0 saturated heterocycles. The molecule has 0 bridgehead atoms. The van der Waals surface area contributed by atoms with E-state index in [1.54, 1.807) is 26.0 Å². The molecule has 0 fully saturated rings. The molecule has 0 radical (unpaired) electrons. The Labute approximate surface area is 133 Å². The van der Waals surface area contributed by atoms with Crippen molar-refractivity contribution in [2.45, 2.75) is 26.1 Å². The highest BCUT2D eigenvalue weighted by atomic mass is 79.9. The highest BCUT2D eigenvalue weighted by Crippen LogP contribution is 2.38. The smallest absolute Gasteiger partial charge is 0.384 e. The second-order valence-corrected chi connectivity index (χ2v) is 6.00. The molecule has 118 valence electrons. The standard InChI is InChI=1S/C16H13BrF4O/c1-8-5-9(2)7-10(6-8)15(22)13-12(17)4-3-11(14(13)18)16(19,20)21/h3-7,15,22H,1-2H3. The molecule has 0 amide bonds. The van der Waals surface area contributed by atoms with Crippen molar-refractivity contribution in [3.63, 3.8) is 0 Å². The summed E-state index contributed by atoms with van der Waals surface area (Å²) in [5.41, 5.74) is 0.195. The number of benzene rings is 2. The van der Waals surface area contributed by atoms with Crippen molar-refractivity contribution in [1.29, 1.82) is 0 Å². The van der Waals surface area contributed by atoms with E-state index in [2.05, 4.69) is 15.9 Å². The number of aliphatic hydroxyl groups is 1. The van der Waals surface area contributed by atoms with E-state index in [1.165, 1.54) is 0 Å². The maximum Gasteiger partial charge on any atom is 0.419 e. The number of aryl methyl sites for hydroxylation is 2. The molecule has 0 aliphatic carbocycles. The van der Waals surface area contributed by atoms with E-state index in [1.807, 2.05) is 6.07 Å². The Bertz CT molecular complexity index is 690. The molecule has 1 N–H and O–H groups in total. The highest BCUT2D eigenvalue weighted by Gasteiger charge is 2.36. The van der Waals surface area contributed by atoms with Gasteiger partial charge >= 0.3 is 6.18 Å². The largest absolute Gasteiger partial charge is 0.419 e. The van der Waals surface area contributed by atoms with Crippen LogP contribution >= 0.6 is 15.9 Å². The van der Waals surface area contributed by atoms with Gasteiger partial charge in [0.1, 0.15) is 11.9 Å². The van der Waals surface area contributed by atoms with Gasteiger partial charge in [-0.15, -0.1) is 0 Å². The van der Waals surface area contributed by atoms with E-state index >= 15 is 0 Å². The average molecular weight is 377 g/mol. The van der Waals surface area contributed by atoms with Gasteiger partial charge in [0, 0.05) is 10.0 Å². The summed E-state index contributed by atoms with van der Waals surface area (Å²) in [5.74, 6) is -1.46. The lowest BCUT2D eigenvalue weighted by molar-refractivity contribution is -0.140. The third-order valence-corrected chi connectivity index (χ3v) is 3.96. The monoisotopic (exact) mass is 376 g/mol. The zero-order chi connectivity index (χ0) is 16.7. The Morgan fingerprint density at radius 3 is 2.09 bits per heavy atom. The molecule has 1 nitrogen and oxygen atoms in total. The second kappa shape index (κ2) is 6.01. The molecular weight excluding hydrogens is 364 g/mol. The number of rotatable bonds is 2. The number of halogens is 5. The minimum Gasteiger partial charge on any atom is -0.384 e. The molecule has 1 unspecified atom stereocenters. The van der Waals surface area contributed by atoms with Crippen LogP contribution in [0.15, 0.2) is 34.8 Å². The first-order valence-corrected chi connectivity index (χ1v) is 7.22. The van der Waals surface area contributed by atoms with Crippen LogP contribution in [-0.2, 0) is 6.18 Å². The summed E-state index contributed by atoms with van der Waals surface area (Å²) in [4.78, 5) is 0. The minimum absolute atomic E-state index is 0.0876.